The quantitative estimate of drug-likeness (QED) is 0.755. The molecule has 2 heterocycles. The second kappa shape index (κ2) is 7.31. The number of phenolic OH excluding ortho intramolecular Hbond substituents is 1. The lowest BCUT2D eigenvalue weighted by Crippen LogP contribution is -2.26. The van der Waals surface area contributed by atoms with Gasteiger partial charge in [-0.25, -0.2) is 9.97 Å². The first kappa shape index (κ1) is 17.5. The summed E-state index contributed by atoms with van der Waals surface area (Å²) >= 11 is 0. The molecule has 1 atom stereocenters. The summed E-state index contributed by atoms with van der Waals surface area (Å²) in [5.41, 5.74) is 3.59. The van der Waals surface area contributed by atoms with Crippen molar-refractivity contribution in [3.8, 4) is 17.0 Å². The Morgan fingerprint density at radius 2 is 1.77 bits per heavy atom. The molecule has 2 N–H and O–H groups in total. The molecule has 0 saturated heterocycles. The maximum Gasteiger partial charge on any atom is 0.251 e. The Morgan fingerprint density at radius 3 is 2.42 bits per heavy atom. The van der Waals surface area contributed by atoms with Crippen LogP contribution in [-0.2, 0) is 0 Å². The summed E-state index contributed by atoms with van der Waals surface area (Å²) in [5.74, 6) is 0.402. The zero-order chi connectivity index (χ0) is 18.7. The number of phenols is 1. The minimum absolute atomic E-state index is 0.0151. The van der Waals surface area contributed by atoms with Gasteiger partial charge >= 0.3 is 0 Å². The van der Waals surface area contributed by atoms with E-state index < -0.39 is 0 Å². The maximum atomic E-state index is 12.6. The summed E-state index contributed by atoms with van der Waals surface area (Å²) in [6.45, 7) is 5.62. The summed E-state index contributed by atoms with van der Waals surface area (Å²) in [6.07, 6.45) is 5.13. The Labute approximate surface area is 152 Å². The summed E-state index contributed by atoms with van der Waals surface area (Å²) in [7, 11) is 0. The molecule has 0 fully saturated rings. The fraction of sp³-hybridized carbons (Fsp3) is 0.200. The minimum Gasteiger partial charge on any atom is -0.508 e. The molecular weight excluding hydrogens is 328 g/mol. The van der Waals surface area contributed by atoms with Gasteiger partial charge in [-0.05, 0) is 50.6 Å². The zero-order valence-corrected chi connectivity index (χ0v) is 14.9. The third-order valence-corrected chi connectivity index (χ3v) is 4.04. The molecule has 0 spiro atoms. The Bertz CT molecular complexity index is 922. The summed E-state index contributed by atoms with van der Waals surface area (Å²) in [4.78, 5) is 25.2. The summed E-state index contributed by atoms with van der Waals surface area (Å²) in [6, 6.07) is 8.28. The number of amides is 1. The highest BCUT2D eigenvalue weighted by Gasteiger charge is 2.14. The number of carbonyl (C=O) groups excluding carboxylic acids is 1. The number of aromatic hydroxyl groups is 1. The number of rotatable bonds is 4. The van der Waals surface area contributed by atoms with Crippen LogP contribution >= 0.6 is 0 Å². The molecule has 6 heteroatoms. The van der Waals surface area contributed by atoms with Crippen molar-refractivity contribution in [1.82, 2.24) is 20.3 Å². The summed E-state index contributed by atoms with van der Waals surface area (Å²) < 4.78 is 0. The van der Waals surface area contributed by atoms with E-state index in [4.69, 9.17) is 0 Å². The fourth-order valence-corrected chi connectivity index (χ4v) is 2.52. The lowest BCUT2D eigenvalue weighted by molar-refractivity contribution is 0.0939. The van der Waals surface area contributed by atoms with Crippen molar-refractivity contribution >= 4 is 5.91 Å². The fourth-order valence-electron chi connectivity index (χ4n) is 2.52. The Morgan fingerprint density at radius 1 is 1.04 bits per heavy atom. The van der Waals surface area contributed by atoms with Crippen molar-refractivity contribution in [1.29, 1.82) is 0 Å². The van der Waals surface area contributed by atoms with E-state index >= 15 is 0 Å². The van der Waals surface area contributed by atoms with E-state index in [0.29, 0.717) is 22.6 Å². The lowest BCUT2D eigenvalue weighted by atomic mass is 10.0. The first-order valence-electron chi connectivity index (χ1n) is 8.29. The van der Waals surface area contributed by atoms with E-state index in [0.717, 1.165) is 11.1 Å². The Kier molecular flexibility index (Phi) is 4.93. The van der Waals surface area contributed by atoms with Gasteiger partial charge in [0.25, 0.3) is 5.91 Å². The number of benzene rings is 1. The third kappa shape index (κ3) is 4.03. The van der Waals surface area contributed by atoms with Crippen molar-refractivity contribution in [3.63, 3.8) is 0 Å². The molecule has 0 aliphatic rings. The summed E-state index contributed by atoms with van der Waals surface area (Å²) in [5, 5.41) is 12.9. The maximum absolute atomic E-state index is 12.6. The number of carbonyl (C=O) groups is 1. The predicted octanol–water partition coefficient (Wildman–Crippen LogP) is 3.35. The van der Waals surface area contributed by atoms with E-state index in [9.17, 15) is 9.90 Å². The van der Waals surface area contributed by atoms with Crippen molar-refractivity contribution in [2.24, 2.45) is 0 Å². The normalized spacial score (nSPS) is 11.8. The van der Waals surface area contributed by atoms with Gasteiger partial charge in [0.05, 0.1) is 11.7 Å². The molecule has 0 saturated carbocycles. The SMILES string of the molecule is Cc1ccc(-c2cc(O)cc(C(=O)N[C@H](C)c3cnc(C)nc3)c2)nc1. The second-order valence-electron chi connectivity index (χ2n) is 6.25. The van der Waals surface area contributed by atoms with Crippen molar-refractivity contribution in [3.05, 3.63) is 71.4 Å². The van der Waals surface area contributed by atoms with Crippen LogP contribution in [0.4, 0.5) is 0 Å². The first-order valence-corrected chi connectivity index (χ1v) is 8.29. The van der Waals surface area contributed by atoms with E-state index in [1.165, 1.54) is 6.07 Å². The minimum atomic E-state index is -0.290. The van der Waals surface area contributed by atoms with Gasteiger partial charge in [0, 0.05) is 35.3 Å². The van der Waals surface area contributed by atoms with Crippen LogP contribution in [-0.4, -0.2) is 26.0 Å². The molecule has 0 aliphatic carbocycles. The Balaban J connectivity index is 1.83. The molecule has 3 rings (SSSR count). The highest BCUT2D eigenvalue weighted by molar-refractivity contribution is 5.96. The standard InChI is InChI=1S/C20H20N4O2/c1-12-4-5-19(23-9-12)15-6-16(8-18(25)7-15)20(26)24-13(2)17-10-21-14(3)22-11-17/h4-11,13,25H,1-3H3,(H,24,26)/t13-/m1/s1. The number of hydrogen-bond donors (Lipinski definition) is 2. The average molecular weight is 348 g/mol. The average Bonchev–Trinajstić information content (AvgIpc) is 2.62. The van der Waals surface area contributed by atoms with Crippen LogP contribution in [0.2, 0.25) is 0 Å². The van der Waals surface area contributed by atoms with Gasteiger partial charge in [-0.3, -0.25) is 9.78 Å². The number of nitrogens with one attached hydrogen (secondary N) is 1. The molecule has 0 bridgehead atoms. The van der Waals surface area contributed by atoms with E-state index in [-0.39, 0.29) is 17.7 Å². The van der Waals surface area contributed by atoms with Crippen LogP contribution in [0, 0.1) is 13.8 Å². The zero-order valence-electron chi connectivity index (χ0n) is 14.9. The van der Waals surface area contributed by atoms with Gasteiger partial charge in [-0.2, -0.15) is 0 Å². The highest BCUT2D eigenvalue weighted by atomic mass is 16.3. The molecule has 0 aliphatic heterocycles. The van der Waals surface area contributed by atoms with Crippen LogP contribution in [0.15, 0.2) is 48.9 Å². The smallest absolute Gasteiger partial charge is 0.251 e. The number of aromatic nitrogens is 3. The molecule has 1 amide bonds. The van der Waals surface area contributed by atoms with Crippen LogP contribution < -0.4 is 5.32 Å². The highest BCUT2D eigenvalue weighted by Crippen LogP contribution is 2.24. The number of hydrogen-bond acceptors (Lipinski definition) is 5. The predicted molar refractivity (Wildman–Crippen MR) is 98.7 cm³/mol. The van der Waals surface area contributed by atoms with Crippen LogP contribution in [0.25, 0.3) is 11.3 Å². The molecule has 0 radical (unpaired) electrons. The van der Waals surface area contributed by atoms with Crippen molar-refractivity contribution in [2.45, 2.75) is 26.8 Å². The number of aryl methyl sites for hydroxylation is 2. The monoisotopic (exact) mass is 348 g/mol. The van der Waals surface area contributed by atoms with Gasteiger partial charge < -0.3 is 10.4 Å². The van der Waals surface area contributed by atoms with Crippen molar-refractivity contribution < 1.29 is 9.90 Å². The molecule has 6 nitrogen and oxygen atoms in total. The van der Waals surface area contributed by atoms with Crippen LogP contribution in [0.3, 0.4) is 0 Å². The van der Waals surface area contributed by atoms with E-state index in [2.05, 4.69) is 20.3 Å². The molecule has 2 aromatic heterocycles. The Hall–Kier alpha value is -3.28. The van der Waals surface area contributed by atoms with Gasteiger partial charge in [-0.1, -0.05) is 6.07 Å². The number of pyridine rings is 1. The molecule has 1 aromatic carbocycles. The van der Waals surface area contributed by atoms with Gasteiger partial charge in [-0.15, -0.1) is 0 Å². The second-order valence-corrected chi connectivity index (χ2v) is 6.25. The van der Waals surface area contributed by atoms with Gasteiger partial charge in [0.15, 0.2) is 0 Å². The molecular formula is C20H20N4O2. The largest absolute Gasteiger partial charge is 0.508 e. The van der Waals surface area contributed by atoms with Crippen LogP contribution in [0.5, 0.6) is 5.75 Å². The molecule has 0 unspecified atom stereocenters. The topological polar surface area (TPSA) is 88.0 Å². The molecule has 3 aromatic rings. The van der Waals surface area contributed by atoms with Gasteiger partial charge in [0.1, 0.15) is 11.6 Å². The van der Waals surface area contributed by atoms with Crippen LogP contribution in [0.1, 0.15) is 40.3 Å². The van der Waals surface area contributed by atoms with Gasteiger partial charge in [0.2, 0.25) is 0 Å². The molecule has 132 valence electrons. The van der Waals surface area contributed by atoms with Crippen molar-refractivity contribution in [2.75, 3.05) is 0 Å². The first-order chi connectivity index (χ1) is 12.4. The van der Waals surface area contributed by atoms with E-state index in [1.54, 1.807) is 37.6 Å². The molecule has 26 heavy (non-hydrogen) atoms. The lowest BCUT2D eigenvalue weighted by Gasteiger charge is -2.14. The third-order valence-electron chi connectivity index (χ3n) is 4.04. The number of nitrogens with zero attached hydrogens (tertiary/aromatic N) is 3. The van der Waals surface area contributed by atoms with E-state index in [1.807, 2.05) is 26.0 Å².